The molecule has 23 heavy (non-hydrogen) atoms. The Hall–Kier alpha value is -3.20. The lowest BCUT2D eigenvalue weighted by atomic mass is 10.2. The Kier molecular flexibility index (Phi) is 3.34. The van der Waals surface area contributed by atoms with Crippen molar-refractivity contribution >= 4 is 39.0 Å². The highest BCUT2D eigenvalue weighted by Crippen LogP contribution is 2.27. The zero-order valence-electron chi connectivity index (χ0n) is 11.4. The molecular weight excluding hydrogens is 322 g/mol. The molecule has 4 N–H and O–H groups in total. The number of benzene rings is 1. The van der Waals surface area contributed by atoms with Crippen molar-refractivity contribution in [3.63, 3.8) is 0 Å². The lowest BCUT2D eigenvalue weighted by Crippen LogP contribution is -2.24. The van der Waals surface area contributed by atoms with Crippen molar-refractivity contribution in [3.05, 3.63) is 51.3 Å². The number of hydrogen-bond acceptors (Lipinski definition) is 6. The monoisotopic (exact) mass is 331 g/mol. The van der Waals surface area contributed by atoms with Crippen LogP contribution in [-0.2, 0) is 0 Å². The second-order valence-electron chi connectivity index (χ2n) is 4.61. The molecule has 0 aliphatic heterocycles. The number of aromatic carboxylic acids is 2. The van der Waals surface area contributed by atoms with Crippen LogP contribution < -0.4 is 11.3 Å². The third kappa shape index (κ3) is 2.32. The summed E-state index contributed by atoms with van der Waals surface area (Å²) in [4.78, 5) is 34.8. The fourth-order valence-electron chi connectivity index (χ4n) is 2.15. The number of hydrogen-bond donors (Lipinski definition) is 3. The number of anilines is 1. The first kappa shape index (κ1) is 14.7. The van der Waals surface area contributed by atoms with E-state index < -0.39 is 17.5 Å². The Morgan fingerprint density at radius 1 is 1.13 bits per heavy atom. The van der Waals surface area contributed by atoms with Crippen molar-refractivity contribution < 1.29 is 19.8 Å². The highest BCUT2D eigenvalue weighted by Gasteiger charge is 2.20. The number of nitrogens with zero attached hydrogens (tertiary/aromatic N) is 2. The minimum Gasteiger partial charge on any atom is -0.478 e. The maximum Gasteiger partial charge on any atom is 0.357 e. The van der Waals surface area contributed by atoms with Gasteiger partial charge in [0.2, 0.25) is 0 Å². The molecule has 0 aliphatic carbocycles. The molecule has 0 saturated heterocycles. The highest BCUT2D eigenvalue weighted by molar-refractivity contribution is 7.15. The standard InChI is InChI=1S/C14H9N3O5S/c15-11-9-8(5-23-11)10(14(21)22)16-17(12(9)18)7-3-1-6(2-4-7)13(19)20/h1-5H,15H2,(H,19,20)(H,21,22). The summed E-state index contributed by atoms with van der Waals surface area (Å²) in [5.41, 5.74) is 5.19. The number of nitrogen functional groups attached to an aromatic ring is 1. The lowest BCUT2D eigenvalue weighted by Gasteiger charge is -2.07. The summed E-state index contributed by atoms with van der Waals surface area (Å²) in [6.45, 7) is 0. The van der Waals surface area contributed by atoms with E-state index in [1.807, 2.05) is 0 Å². The summed E-state index contributed by atoms with van der Waals surface area (Å²) >= 11 is 1.06. The number of carboxylic acids is 2. The fourth-order valence-corrected chi connectivity index (χ4v) is 2.94. The summed E-state index contributed by atoms with van der Waals surface area (Å²) in [7, 11) is 0. The molecule has 0 radical (unpaired) electrons. The second kappa shape index (κ2) is 5.21. The van der Waals surface area contributed by atoms with Crippen LogP contribution in [0.15, 0.2) is 34.4 Å². The Bertz CT molecular complexity index is 1000. The SMILES string of the molecule is Nc1scc2c(C(=O)O)nn(-c3ccc(C(=O)O)cc3)c(=O)c12. The van der Waals surface area contributed by atoms with Gasteiger partial charge in [0.1, 0.15) is 0 Å². The van der Waals surface area contributed by atoms with Crippen LogP contribution in [0.25, 0.3) is 16.5 Å². The summed E-state index contributed by atoms with van der Waals surface area (Å²) in [5, 5.41) is 24.0. The molecule has 0 fully saturated rings. The smallest absolute Gasteiger partial charge is 0.357 e. The average Bonchev–Trinajstić information content (AvgIpc) is 2.90. The Balaban J connectivity index is 2.31. The van der Waals surface area contributed by atoms with Crippen LogP contribution >= 0.6 is 11.3 Å². The third-order valence-electron chi connectivity index (χ3n) is 3.24. The molecule has 8 nitrogen and oxygen atoms in total. The molecule has 2 aromatic heterocycles. The van der Waals surface area contributed by atoms with Gasteiger partial charge in [-0.2, -0.15) is 9.78 Å². The average molecular weight is 331 g/mol. The number of nitrogens with two attached hydrogens (primary N) is 1. The maximum absolute atomic E-state index is 12.5. The van der Waals surface area contributed by atoms with Crippen molar-refractivity contribution in [3.8, 4) is 5.69 Å². The first-order valence-corrected chi connectivity index (χ1v) is 7.15. The number of thiophene rings is 1. The van der Waals surface area contributed by atoms with E-state index in [1.54, 1.807) is 0 Å². The molecule has 9 heteroatoms. The van der Waals surface area contributed by atoms with Crippen molar-refractivity contribution in [2.24, 2.45) is 0 Å². The molecule has 3 rings (SSSR count). The highest BCUT2D eigenvalue weighted by atomic mass is 32.1. The van der Waals surface area contributed by atoms with E-state index in [0.29, 0.717) is 0 Å². The molecule has 3 aromatic rings. The molecule has 1 aromatic carbocycles. The van der Waals surface area contributed by atoms with Crippen molar-refractivity contribution in [1.29, 1.82) is 0 Å². The summed E-state index contributed by atoms with van der Waals surface area (Å²) < 4.78 is 0.903. The first-order valence-electron chi connectivity index (χ1n) is 6.27. The molecule has 0 spiro atoms. The predicted molar refractivity (Wildman–Crippen MR) is 83.5 cm³/mol. The van der Waals surface area contributed by atoms with Gasteiger partial charge in [0, 0.05) is 10.8 Å². The van der Waals surface area contributed by atoms with Gasteiger partial charge in [-0.1, -0.05) is 0 Å². The predicted octanol–water partition coefficient (Wildman–Crippen LogP) is 1.43. The topological polar surface area (TPSA) is 136 Å². The van der Waals surface area contributed by atoms with Crippen LogP contribution in [0.3, 0.4) is 0 Å². The molecule has 2 heterocycles. The molecule has 0 atom stereocenters. The number of rotatable bonds is 3. The van der Waals surface area contributed by atoms with Gasteiger partial charge in [0.15, 0.2) is 5.69 Å². The first-order chi connectivity index (χ1) is 10.9. The minimum absolute atomic E-state index is 0.0383. The van der Waals surface area contributed by atoms with Crippen LogP contribution in [0.1, 0.15) is 20.8 Å². The Morgan fingerprint density at radius 2 is 1.78 bits per heavy atom. The van der Waals surface area contributed by atoms with E-state index >= 15 is 0 Å². The van der Waals surface area contributed by atoms with Crippen molar-refractivity contribution in [2.45, 2.75) is 0 Å². The lowest BCUT2D eigenvalue weighted by molar-refractivity contribution is 0.0683. The van der Waals surface area contributed by atoms with Gasteiger partial charge >= 0.3 is 11.9 Å². The number of aromatic nitrogens is 2. The van der Waals surface area contributed by atoms with Gasteiger partial charge in [-0.05, 0) is 24.3 Å². The van der Waals surface area contributed by atoms with Crippen LogP contribution in [0.4, 0.5) is 5.00 Å². The van der Waals surface area contributed by atoms with Gasteiger partial charge in [0.25, 0.3) is 5.56 Å². The van der Waals surface area contributed by atoms with Gasteiger partial charge in [-0.15, -0.1) is 11.3 Å². The Labute approximate surface area is 132 Å². The van der Waals surface area contributed by atoms with E-state index in [-0.39, 0.29) is 32.7 Å². The normalized spacial score (nSPS) is 10.8. The van der Waals surface area contributed by atoms with Crippen molar-refractivity contribution in [2.75, 3.05) is 5.73 Å². The van der Waals surface area contributed by atoms with Crippen LogP contribution in [-0.4, -0.2) is 31.9 Å². The molecule has 0 unspecified atom stereocenters. The molecule has 0 amide bonds. The zero-order valence-corrected chi connectivity index (χ0v) is 12.2. The van der Waals surface area contributed by atoms with E-state index in [0.717, 1.165) is 16.0 Å². The third-order valence-corrected chi connectivity index (χ3v) is 4.05. The number of carbonyl (C=O) groups is 2. The van der Waals surface area contributed by atoms with Crippen LogP contribution in [0.5, 0.6) is 0 Å². The largest absolute Gasteiger partial charge is 0.478 e. The van der Waals surface area contributed by atoms with Crippen molar-refractivity contribution in [1.82, 2.24) is 9.78 Å². The van der Waals surface area contributed by atoms with E-state index in [1.165, 1.54) is 29.6 Å². The number of fused-ring (bicyclic) bond motifs is 1. The maximum atomic E-state index is 12.5. The Morgan fingerprint density at radius 3 is 2.35 bits per heavy atom. The second-order valence-corrected chi connectivity index (χ2v) is 5.52. The summed E-state index contributed by atoms with van der Waals surface area (Å²) in [6, 6.07) is 5.34. The summed E-state index contributed by atoms with van der Waals surface area (Å²) in [6.07, 6.45) is 0. The zero-order chi connectivity index (χ0) is 16.7. The molecular formula is C14H9N3O5S. The van der Waals surface area contributed by atoms with Gasteiger partial charge < -0.3 is 15.9 Å². The van der Waals surface area contributed by atoms with Crippen LogP contribution in [0.2, 0.25) is 0 Å². The van der Waals surface area contributed by atoms with Gasteiger partial charge in [-0.25, -0.2) is 9.59 Å². The van der Waals surface area contributed by atoms with E-state index in [9.17, 15) is 19.5 Å². The quantitative estimate of drug-likeness (QED) is 0.660. The van der Waals surface area contributed by atoms with Gasteiger partial charge in [-0.3, -0.25) is 4.79 Å². The van der Waals surface area contributed by atoms with E-state index in [2.05, 4.69) is 5.10 Å². The minimum atomic E-state index is -1.29. The summed E-state index contributed by atoms with van der Waals surface area (Å²) in [5.74, 6) is -2.40. The molecule has 116 valence electrons. The number of carboxylic acid groups (broad SMARTS) is 2. The van der Waals surface area contributed by atoms with E-state index in [4.69, 9.17) is 10.8 Å². The molecule has 0 saturated carbocycles. The van der Waals surface area contributed by atoms with Crippen LogP contribution in [0, 0.1) is 0 Å². The fraction of sp³-hybridized carbons (Fsp3) is 0. The molecule has 0 bridgehead atoms. The van der Waals surface area contributed by atoms with Gasteiger partial charge in [0.05, 0.1) is 21.6 Å². The molecule has 0 aliphatic rings.